The van der Waals surface area contributed by atoms with Gasteiger partial charge in [0.2, 0.25) is 0 Å². The van der Waals surface area contributed by atoms with Crippen molar-refractivity contribution in [2.24, 2.45) is 5.92 Å². The normalized spacial score (nSPS) is 22.5. The van der Waals surface area contributed by atoms with Crippen molar-refractivity contribution in [3.05, 3.63) is 29.6 Å². The van der Waals surface area contributed by atoms with Crippen LogP contribution in [0.15, 0.2) is 23.9 Å². The Morgan fingerprint density at radius 1 is 1.18 bits per heavy atom. The predicted molar refractivity (Wildman–Crippen MR) is 110 cm³/mol. The zero-order valence-corrected chi connectivity index (χ0v) is 17.5. The zero-order chi connectivity index (χ0) is 20.1. The highest BCUT2D eigenvalue weighted by molar-refractivity contribution is 7.93. The molecule has 0 bridgehead atoms. The maximum atomic E-state index is 12.3. The SMILES string of the molecule is C[C@H](/C=C/S(C)(=O)=O)NC(=O)c1cnc(N2CCCC2C2CCCCC2)cn1. The Balaban J connectivity index is 1.62. The summed E-state index contributed by atoms with van der Waals surface area (Å²) in [6.45, 7) is 2.70. The van der Waals surface area contributed by atoms with Crippen molar-refractivity contribution in [1.29, 1.82) is 0 Å². The molecule has 0 radical (unpaired) electrons. The van der Waals surface area contributed by atoms with E-state index < -0.39 is 15.9 Å². The third-order valence-corrected chi connectivity index (χ3v) is 6.28. The van der Waals surface area contributed by atoms with Crippen molar-refractivity contribution in [1.82, 2.24) is 15.3 Å². The average molecular weight is 407 g/mol. The van der Waals surface area contributed by atoms with Gasteiger partial charge >= 0.3 is 0 Å². The number of amides is 1. The third kappa shape index (κ3) is 5.53. The van der Waals surface area contributed by atoms with Crippen molar-refractivity contribution < 1.29 is 13.2 Å². The number of carbonyl (C=O) groups is 1. The van der Waals surface area contributed by atoms with Gasteiger partial charge in [-0.15, -0.1) is 0 Å². The highest BCUT2D eigenvalue weighted by Crippen LogP contribution is 2.35. The van der Waals surface area contributed by atoms with Crippen LogP contribution in [0.5, 0.6) is 0 Å². The summed E-state index contributed by atoms with van der Waals surface area (Å²) in [5, 5.41) is 3.80. The third-order valence-electron chi connectivity index (χ3n) is 5.63. The molecule has 1 aromatic heterocycles. The van der Waals surface area contributed by atoms with Gasteiger partial charge < -0.3 is 10.2 Å². The molecule has 1 aliphatic carbocycles. The molecule has 28 heavy (non-hydrogen) atoms. The van der Waals surface area contributed by atoms with Gasteiger partial charge in [0.15, 0.2) is 9.84 Å². The van der Waals surface area contributed by atoms with Crippen molar-refractivity contribution in [3.8, 4) is 0 Å². The van der Waals surface area contributed by atoms with E-state index in [0.29, 0.717) is 6.04 Å². The number of carbonyl (C=O) groups excluding carboxylic acids is 1. The van der Waals surface area contributed by atoms with Crippen LogP contribution in [0.1, 0.15) is 62.4 Å². The van der Waals surface area contributed by atoms with E-state index in [1.54, 1.807) is 13.1 Å². The van der Waals surface area contributed by atoms with Crippen LogP contribution in [0.25, 0.3) is 0 Å². The fourth-order valence-electron chi connectivity index (χ4n) is 4.26. The van der Waals surface area contributed by atoms with Crippen LogP contribution in [0.4, 0.5) is 5.82 Å². The van der Waals surface area contributed by atoms with Crippen LogP contribution in [-0.4, -0.2) is 49.2 Å². The number of sulfone groups is 1. The first-order valence-electron chi connectivity index (χ1n) is 10.1. The molecule has 8 heteroatoms. The molecule has 2 fully saturated rings. The second-order valence-corrected chi connectivity index (χ2v) is 9.91. The Morgan fingerprint density at radius 2 is 1.93 bits per heavy atom. The predicted octanol–water partition coefficient (Wildman–Crippen LogP) is 2.70. The van der Waals surface area contributed by atoms with E-state index in [1.165, 1.54) is 57.2 Å². The Morgan fingerprint density at radius 3 is 2.57 bits per heavy atom. The Kier molecular flexibility index (Phi) is 6.69. The van der Waals surface area contributed by atoms with Crippen LogP contribution in [0.3, 0.4) is 0 Å². The van der Waals surface area contributed by atoms with Gasteiger partial charge in [-0.2, -0.15) is 0 Å². The van der Waals surface area contributed by atoms with Gasteiger partial charge in [-0.3, -0.25) is 4.79 Å². The van der Waals surface area contributed by atoms with E-state index in [4.69, 9.17) is 0 Å². The monoisotopic (exact) mass is 406 g/mol. The highest BCUT2D eigenvalue weighted by Gasteiger charge is 2.33. The summed E-state index contributed by atoms with van der Waals surface area (Å²) in [6.07, 6.45) is 14.7. The fourth-order valence-corrected chi connectivity index (χ4v) is 4.78. The van der Waals surface area contributed by atoms with Gasteiger partial charge in [0.25, 0.3) is 5.91 Å². The lowest BCUT2D eigenvalue weighted by molar-refractivity contribution is 0.0941. The molecule has 3 rings (SSSR count). The average Bonchev–Trinajstić information content (AvgIpc) is 3.16. The topological polar surface area (TPSA) is 92.3 Å². The first-order valence-corrected chi connectivity index (χ1v) is 12.1. The summed E-state index contributed by atoms with van der Waals surface area (Å²) in [4.78, 5) is 23.5. The molecule has 7 nitrogen and oxygen atoms in total. The Labute approximate surface area is 167 Å². The molecule has 2 atom stereocenters. The second-order valence-electron chi connectivity index (χ2n) is 7.98. The summed E-state index contributed by atoms with van der Waals surface area (Å²) in [5.41, 5.74) is 0.233. The van der Waals surface area contributed by atoms with E-state index in [1.807, 2.05) is 0 Å². The smallest absolute Gasteiger partial charge is 0.271 e. The quantitative estimate of drug-likeness (QED) is 0.781. The largest absolute Gasteiger partial charge is 0.352 e. The molecule has 1 saturated heterocycles. The lowest BCUT2D eigenvalue weighted by atomic mass is 9.83. The van der Waals surface area contributed by atoms with Crippen LogP contribution >= 0.6 is 0 Å². The van der Waals surface area contributed by atoms with Crippen molar-refractivity contribution in [2.45, 2.75) is 64.0 Å². The summed E-state index contributed by atoms with van der Waals surface area (Å²) in [6, 6.07) is 0.119. The molecule has 2 aliphatic rings. The van der Waals surface area contributed by atoms with Gasteiger partial charge in [-0.05, 0) is 38.5 Å². The molecule has 2 heterocycles. The summed E-state index contributed by atoms with van der Waals surface area (Å²) >= 11 is 0. The summed E-state index contributed by atoms with van der Waals surface area (Å²) in [5.74, 6) is 1.22. The minimum absolute atomic E-state index is 0.233. The number of nitrogens with one attached hydrogen (secondary N) is 1. The molecular weight excluding hydrogens is 376 g/mol. The summed E-state index contributed by atoms with van der Waals surface area (Å²) in [7, 11) is -3.21. The molecule has 154 valence electrons. The molecular formula is C20H30N4O3S. The number of anilines is 1. The number of rotatable bonds is 6. The molecule has 1 amide bonds. The second kappa shape index (κ2) is 9.03. The maximum absolute atomic E-state index is 12.3. The van der Waals surface area contributed by atoms with Gasteiger partial charge in [0.05, 0.1) is 12.4 Å². The van der Waals surface area contributed by atoms with E-state index in [0.717, 1.165) is 29.9 Å². The Bertz CT molecular complexity index is 801. The number of hydrogen-bond acceptors (Lipinski definition) is 6. The lowest BCUT2D eigenvalue weighted by Crippen LogP contribution is -2.37. The van der Waals surface area contributed by atoms with E-state index in [-0.39, 0.29) is 11.6 Å². The standard InChI is InChI=1S/C20H30N4O3S/c1-15(10-12-28(2,26)27)23-20(25)17-13-22-19(14-21-17)24-11-6-9-18(24)16-7-4-3-5-8-16/h10,12-16,18H,3-9,11H2,1-2H3,(H,23,25)/b12-10+/t15-,18?/m1/s1. The molecule has 1 aliphatic heterocycles. The van der Waals surface area contributed by atoms with E-state index in [9.17, 15) is 13.2 Å². The molecule has 1 unspecified atom stereocenters. The van der Waals surface area contributed by atoms with Crippen molar-refractivity contribution in [3.63, 3.8) is 0 Å². The van der Waals surface area contributed by atoms with Gasteiger partial charge in [-0.1, -0.05) is 25.3 Å². The van der Waals surface area contributed by atoms with Crippen LogP contribution in [0.2, 0.25) is 0 Å². The minimum atomic E-state index is -3.21. The minimum Gasteiger partial charge on any atom is -0.352 e. The van der Waals surface area contributed by atoms with Crippen molar-refractivity contribution >= 4 is 21.6 Å². The number of hydrogen-bond donors (Lipinski definition) is 1. The molecule has 0 spiro atoms. The van der Waals surface area contributed by atoms with Crippen LogP contribution in [-0.2, 0) is 9.84 Å². The number of nitrogens with zero attached hydrogens (tertiary/aromatic N) is 3. The van der Waals surface area contributed by atoms with E-state index in [2.05, 4.69) is 20.2 Å². The fraction of sp³-hybridized carbons (Fsp3) is 0.650. The maximum Gasteiger partial charge on any atom is 0.271 e. The van der Waals surface area contributed by atoms with Gasteiger partial charge in [0, 0.05) is 30.3 Å². The van der Waals surface area contributed by atoms with Crippen LogP contribution < -0.4 is 10.2 Å². The van der Waals surface area contributed by atoms with Gasteiger partial charge in [0.1, 0.15) is 11.5 Å². The zero-order valence-electron chi connectivity index (χ0n) is 16.7. The molecule has 1 aromatic rings. The Hall–Kier alpha value is -1.96. The molecule has 1 saturated carbocycles. The molecule has 1 N–H and O–H groups in total. The van der Waals surface area contributed by atoms with E-state index >= 15 is 0 Å². The van der Waals surface area contributed by atoms with Crippen LogP contribution in [0, 0.1) is 5.92 Å². The highest BCUT2D eigenvalue weighted by atomic mass is 32.2. The first-order chi connectivity index (χ1) is 13.3. The number of aromatic nitrogens is 2. The van der Waals surface area contributed by atoms with Gasteiger partial charge in [-0.25, -0.2) is 18.4 Å². The van der Waals surface area contributed by atoms with Crippen molar-refractivity contribution in [2.75, 3.05) is 17.7 Å². The summed E-state index contributed by atoms with van der Waals surface area (Å²) < 4.78 is 22.3. The lowest BCUT2D eigenvalue weighted by Gasteiger charge is -2.34. The first kappa shape index (κ1) is 20.8. The molecule has 0 aromatic carbocycles.